The smallest absolute Gasteiger partial charge is 0.236 e. The summed E-state index contributed by atoms with van der Waals surface area (Å²) in [6, 6.07) is 3.87. The van der Waals surface area contributed by atoms with E-state index < -0.39 is 6.10 Å². The van der Waals surface area contributed by atoms with Crippen LogP contribution in [0.2, 0.25) is 0 Å². The van der Waals surface area contributed by atoms with E-state index in [2.05, 4.69) is 10.1 Å². The summed E-state index contributed by atoms with van der Waals surface area (Å²) in [5.41, 5.74) is 0. The van der Waals surface area contributed by atoms with Crippen LogP contribution in [0.4, 0.5) is 0 Å². The summed E-state index contributed by atoms with van der Waals surface area (Å²) in [5.74, 6) is 2.12. The second kappa shape index (κ2) is 6.15. The van der Waals surface area contributed by atoms with E-state index in [1.54, 1.807) is 11.3 Å². The zero-order chi connectivity index (χ0) is 12.1. The van der Waals surface area contributed by atoms with Crippen molar-refractivity contribution in [2.45, 2.75) is 11.9 Å². The summed E-state index contributed by atoms with van der Waals surface area (Å²) in [4.78, 5) is 5.22. The molecule has 0 aliphatic rings. The summed E-state index contributed by atoms with van der Waals surface area (Å²) in [6.45, 7) is -0.225. The standard InChI is InChI=1S/C10H12N2O3S2/c13-4-7(14)5-16-6-9-11-10(12-15-9)8-2-1-3-17-8/h1-3,7,13-14H,4-6H2/t7-/m1/s1. The summed E-state index contributed by atoms with van der Waals surface area (Å²) < 4.78 is 5.08. The number of nitrogens with zero attached hydrogens (tertiary/aromatic N) is 2. The Morgan fingerprint density at radius 3 is 3.12 bits per heavy atom. The van der Waals surface area contributed by atoms with Crippen LogP contribution in [0.5, 0.6) is 0 Å². The van der Waals surface area contributed by atoms with Crippen molar-refractivity contribution in [2.75, 3.05) is 12.4 Å². The van der Waals surface area contributed by atoms with Gasteiger partial charge in [0.15, 0.2) is 0 Å². The maximum absolute atomic E-state index is 9.16. The summed E-state index contributed by atoms with van der Waals surface area (Å²) >= 11 is 3.00. The van der Waals surface area contributed by atoms with Gasteiger partial charge in [0.05, 0.1) is 23.3 Å². The zero-order valence-electron chi connectivity index (χ0n) is 8.94. The predicted octanol–water partition coefficient (Wildman–Crippen LogP) is 1.38. The Bertz CT molecular complexity index is 444. The molecule has 0 saturated heterocycles. The van der Waals surface area contributed by atoms with Gasteiger partial charge in [-0.1, -0.05) is 11.2 Å². The average Bonchev–Trinajstić information content (AvgIpc) is 2.98. The van der Waals surface area contributed by atoms with Crippen LogP contribution in [0.25, 0.3) is 10.7 Å². The van der Waals surface area contributed by atoms with E-state index in [0.29, 0.717) is 23.2 Å². The molecule has 0 amide bonds. The molecule has 0 saturated carbocycles. The lowest BCUT2D eigenvalue weighted by Crippen LogP contribution is -2.14. The van der Waals surface area contributed by atoms with Crippen molar-refractivity contribution in [1.82, 2.24) is 10.1 Å². The number of hydrogen-bond acceptors (Lipinski definition) is 7. The summed E-state index contributed by atoms with van der Waals surface area (Å²) in [7, 11) is 0. The van der Waals surface area contributed by atoms with Gasteiger partial charge in [0.2, 0.25) is 11.7 Å². The number of hydrogen-bond donors (Lipinski definition) is 2. The van der Waals surface area contributed by atoms with Crippen molar-refractivity contribution >= 4 is 23.1 Å². The van der Waals surface area contributed by atoms with E-state index in [1.807, 2.05) is 17.5 Å². The van der Waals surface area contributed by atoms with Crippen LogP contribution in [0.3, 0.4) is 0 Å². The molecule has 2 aromatic heterocycles. The van der Waals surface area contributed by atoms with Gasteiger partial charge in [0, 0.05) is 5.75 Å². The van der Waals surface area contributed by atoms with Crippen molar-refractivity contribution in [2.24, 2.45) is 0 Å². The maximum Gasteiger partial charge on any atom is 0.236 e. The summed E-state index contributed by atoms with van der Waals surface area (Å²) in [5, 5.41) is 23.6. The van der Waals surface area contributed by atoms with Gasteiger partial charge >= 0.3 is 0 Å². The molecule has 0 spiro atoms. The molecular weight excluding hydrogens is 260 g/mol. The van der Waals surface area contributed by atoms with E-state index in [0.717, 1.165) is 4.88 Å². The molecule has 0 fully saturated rings. The third-order valence-corrected chi connectivity index (χ3v) is 3.89. The fraction of sp³-hybridized carbons (Fsp3) is 0.400. The maximum atomic E-state index is 9.16. The molecule has 0 bridgehead atoms. The minimum atomic E-state index is -0.695. The van der Waals surface area contributed by atoms with Crippen LogP contribution in [0, 0.1) is 0 Å². The lowest BCUT2D eigenvalue weighted by Gasteiger charge is -2.03. The lowest BCUT2D eigenvalue weighted by atomic mass is 10.4. The molecule has 1 atom stereocenters. The molecule has 5 nitrogen and oxygen atoms in total. The third kappa shape index (κ3) is 3.53. The molecule has 0 aromatic carbocycles. The zero-order valence-corrected chi connectivity index (χ0v) is 10.6. The van der Waals surface area contributed by atoms with E-state index in [4.69, 9.17) is 14.7 Å². The summed E-state index contributed by atoms with van der Waals surface area (Å²) in [6.07, 6.45) is -0.695. The number of thiophene rings is 1. The molecule has 2 heterocycles. The van der Waals surface area contributed by atoms with Crippen LogP contribution in [0.1, 0.15) is 5.89 Å². The van der Waals surface area contributed by atoms with Crippen molar-refractivity contribution in [3.8, 4) is 10.7 Å². The Morgan fingerprint density at radius 2 is 2.41 bits per heavy atom. The van der Waals surface area contributed by atoms with Crippen molar-refractivity contribution < 1.29 is 14.7 Å². The van der Waals surface area contributed by atoms with Crippen LogP contribution in [-0.2, 0) is 5.75 Å². The Balaban J connectivity index is 1.87. The van der Waals surface area contributed by atoms with Crippen molar-refractivity contribution in [3.63, 3.8) is 0 Å². The second-order valence-electron chi connectivity index (χ2n) is 3.34. The molecular formula is C10H12N2O3S2. The molecule has 0 unspecified atom stereocenters. The first kappa shape index (κ1) is 12.6. The fourth-order valence-corrected chi connectivity index (χ4v) is 2.59. The van der Waals surface area contributed by atoms with Gasteiger partial charge in [-0.3, -0.25) is 0 Å². The van der Waals surface area contributed by atoms with Crippen LogP contribution < -0.4 is 0 Å². The minimum absolute atomic E-state index is 0.225. The van der Waals surface area contributed by atoms with Crippen LogP contribution >= 0.6 is 23.1 Å². The topological polar surface area (TPSA) is 79.4 Å². The molecule has 0 radical (unpaired) electrons. The highest BCUT2D eigenvalue weighted by Crippen LogP contribution is 2.22. The van der Waals surface area contributed by atoms with Crippen LogP contribution in [-0.4, -0.2) is 38.8 Å². The normalized spacial score (nSPS) is 12.8. The molecule has 0 aliphatic carbocycles. The highest BCUT2D eigenvalue weighted by atomic mass is 32.2. The van der Waals surface area contributed by atoms with E-state index in [9.17, 15) is 0 Å². The first-order valence-electron chi connectivity index (χ1n) is 5.02. The highest BCUT2D eigenvalue weighted by Gasteiger charge is 2.10. The number of thioether (sulfide) groups is 1. The van der Waals surface area contributed by atoms with Gasteiger partial charge < -0.3 is 14.7 Å². The Labute approximate surface area is 106 Å². The van der Waals surface area contributed by atoms with Crippen molar-refractivity contribution in [3.05, 3.63) is 23.4 Å². The quantitative estimate of drug-likeness (QED) is 0.827. The van der Waals surface area contributed by atoms with Crippen molar-refractivity contribution in [1.29, 1.82) is 0 Å². The van der Waals surface area contributed by atoms with Gasteiger partial charge in [0.25, 0.3) is 0 Å². The van der Waals surface area contributed by atoms with E-state index in [1.165, 1.54) is 11.8 Å². The van der Waals surface area contributed by atoms with E-state index in [-0.39, 0.29) is 6.61 Å². The molecule has 92 valence electrons. The fourth-order valence-electron chi connectivity index (χ4n) is 1.15. The molecule has 7 heteroatoms. The highest BCUT2D eigenvalue weighted by molar-refractivity contribution is 7.98. The Morgan fingerprint density at radius 1 is 1.53 bits per heavy atom. The van der Waals surface area contributed by atoms with Gasteiger partial charge in [-0.05, 0) is 11.4 Å². The largest absolute Gasteiger partial charge is 0.394 e. The number of rotatable bonds is 6. The van der Waals surface area contributed by atoms with Gasteiger partial charge in [0.1, 0.15) is 0 Å². The first-order chi connectivity index (χ1) is 8.29. The second-order valence-corrected chi connectivity index (χ2v) is 5.32. The van der Waals surface area contributed by atoms with E-state index >= 15 is 0 Å². The average molecular weight is 272 g/mol. The van der Waals surface area contributed by atoms with Gasteiger partial charge in [-0.25, -0.2) is 0 Å². The minimum Gasteiger partial charge on any atom is -0.394 e. The van der Waals surface area contributed by atoms with Gasteiger partial charge in [-0.15, -0.1) is 23.1 Å². The van der Waals surface area contributed by atoms with Gasteiger partial charge in [-0.2, -0.15) is 4.98 Å². The monoisotopic (exact) mass is 272 g/mol. The molecule has 0 aliphatic heterocycles. The lowest BCUT2D eigenvalue weighted by molar-refractivity contribution is 0.113. The Kier molecular flexibility index (Phi) is 4.55. The van der Waals surface area contributed by atoms with Crippen LogP contribution in [0.15, 0.2) is 22.0 Å². The molecule has 17 heavy (non-hydrogen) atoms. The number of aliphatic hydroxyl groups is 2. The Hall–Kier alpha value is -0.890. The third-order valence-electron chi connectivity index (χ3n) is 1.96. The number of aliphatic hydroxyl groups excluding tert-OH is 2. The number of aromatic nitrogens is 2. The molecule has 2 aromatic rings. The molecule has 2 rings (SSSR count). The predicted molar refractivity (Wildman–Crippen MR) is 66.9 cm³/mol. The first-order valence-corrected chi connectivity index (χ1v) is 7.06. The molecule has 2 N–H and O–H groups in total. The SMILES string of the molecule is OC[C@@H](O)CSCc1nc(-c2cccs2)no1.